The average molecular weight is 360 g/mol. The zero-order valence-electron chi connectivity index (χ0n) is 13.7. The standard InChI is InChI=1S/C16H22ClNO4S/c1-12(2)16(10-5-11-17,15(19)22-4)18-23(20,21)14-8-6-13(3)7-9-14/h5-9,11-12,18H,10H2,1-4H3/b11-5+. The fourth-order valence-electron chi connectivity index (χ4n) is 2.18. The number of aryl methyl sites for hydroxylation is 1. The van der Waals surface area contributed by atoms with Gasteiger partial charge < -0.3 is 4.74 Å². The van der Waals surface area contributed by atoms with E-state index in [2.05, 4.69) is 4.72 Å². The smallest absolute Gasteiger partial charge is 0.327 e. The number of sulfonamides is 1. The van der Waals surface area contributed by atoms with Crippen molar-refractivity contribution in [1.29, 1.82) is 0 Å². The van der Waals surface area contributed by atoms with Crippen molar-refractivity contribution >= 4 is 27.6 Å². The maximum absolute atomic E-state index is 12.7. The third kappa shape index (κ3) is 4.56. The zero-order valence-corrected chi connectivity index (χ0v) is 15.2. The molecule has 1 rings (SSSR count). The first-order valence-electron chi connectivity index (χ1n) is 7.14. The van der Waals surface area contributed by atoms with Crippen LogP contribution >= 0.6 is 11.6 Å². The Balaban J connectivity index is 3.32. The van der Waals surface area contributed by atoms with Crippen LogP contribution in [0.2, 0.25) is 0 Å². The van der Waals surface area contributed by atoms with Gasteiger partial charge in [0.1, 0.15) is 5.54 Å². The topological polar surface area (TPSA) is 72.5 Å². The molecule has 7 heteroatoms. The van der Waals surface area contributed by atoms with Crippen LogP contribution in [0.3, 0.4) is 0 Å². The molecule has 0 aromatic heterocycles. The Hall–Kier alpha value is -1.37. The van der Waals surface area contributed by atoms with Crippen molar-refractivity contribution < 1.29 is 17.9 Å². The molecule has 0 heterocycles. The zero-order chi connectivity index (χ0) is 17.7. The van der Waals surface area contributed by atoms with Crippen LogP contribution in [0, 0.1) is 12.8 Å². The second-order valence-corrected chi connectivity index (χ2v) is 7.54. The molecule has 0 saturated heterocycles. The van der Waals surface area contributed by atoms with E-state index in [-0.39, 0.29) is 17.2 Å². The highest BCUT2D eigenvalue weighted by Gasteiger charge is 2.45. The summed E-state index contributed by atoms with van der Waals surface area (Å²) in [6, 6.07) is 6.39. The minimum Gasteiger partial charge on any atom is -0.468 e. The van der Waals surface area contributed by atoms with Crippen LogP contribution in [0.15, 0.2) is 40.8 Å². The van der Waals surface area contributed by atoms with Gasteiger partial charge in [0, 0.05) is 5.54 Å². The Kier molecular flexibility index (Phi) is 6.80. The average Bonchev–Trinajstić information content (AvgIpc) is 2.50. The van der Waals surface area contributed by atoms with Crippen LogP contribution in [-0.2, 0) is 19.6 Å². The van der Waals surface area contributed by atoms with Gasteiger partial charge in [0.25, 0.3) is 0 Å². The van der Waals surface area contributed by atoms with Gasteiger partial charge in [-0.3, -0.25) is 4.79 Å². The van der Waals surface area contributed by atoms with Crippen molar-refractivity contribution in [2.75, 3.05) is 7.11 Å². The van der Waals surface area contributed by atoms with E-state index in [1.165, 1.54) is 30.9 Å². The van der Waals surface area contributed by atoms with Crippen molar-refractivity contribution in [2.45, 2.75) is 37.6 Å². The van der Waals surface area contributed by atoms with Crippen molar-refractivity contribution in [3.8, 4) is 0 Å². The SMILES string of the molecule is COC(=O)C(C/C=C/Cl)(NS(=O)(=O)c1ccc(C)cc1)C(C)C. The van der Waals surface area contributed by atoms with Crippen LogP contribution in [0.5, 0.6) is 0 Å². The maximum atomic E-state index is 12.7. The molecule has 0 fully saturated rings. The lowest BCUT2D eigenvalue weighted by molar-refractivity contribution is -0.149. The number of nitrogens with one attached hydrogen (secondary N) is 1. The quantitative estimate of drug-likeness (QED) is 0.759. The van der Waals surface area contributed by atoms with Gasteiger partial charge in [0.2, 0.25) is 10.0 Å². The van der Waals surface area contributed by atoms with E-state index >= 15 is 0 Å². The molecule has 0 amide bonds. The second-order valence-electron chi connectivity index (χ2n) is 5.60. The number of methoxy groups -OCH3 is 1. The molecular weight excluding hydrogens is 338 g/mol. The molecule has 1 unspecified atom stereocenters. The van der Waals surface area contributed by atoms with Gasteiger partial charge in [-0.2, -0.15) is 4.72 Å². The van der Waals surface area contributed by atoms with Crippen molar-refractivity contribution in [2.24, 2.45) is 5.92 Å². The molecule has 0 bridgehead atoms. The van der Waals surface area contributed by atoms with E-state index in [1.54, 1.807) is 26.0 Å². The number of ether oxygens (including phenoxy) is 1. The Bertz CT molecular complexity index is 668. The van der Waals surface area contributed by atoms with Crippen LogP contribution in [0.4, 0.5) is 0 Å². The van der Waals surface area contributed by atoms with E-state index < -0.39 is 21.5 Å². The summed E-state index contributed by atoms with van der Waals surface area (Å²) in [5, 5.41) is 0. The fourth-order valence-corrected chi connectivity index (χ4v) is 3.77. The molecule has 1 atom stereocenters. The molecule has 0 saturated carbocycles. The van der Waals surface area contributed by atoms with E-state index in [0.29, 0.717) is 0 Å². The number of carbonyl (C=O) groups is 1. The first-order chi connectivity index (χ1) is 10.7. The molecule has 0 aliphatic heterocycles. The Morgan fingerprint density at radius 2 is 1.91 bits per heavy atom. The number of halogens is 1. The molecule has 0 aliphatic rings. The molecule has 0 spiro atoms. The Labute approximate surface area is 142 Å². The summed E-state index contributed by atoms with van der Waals surface area (Å²) in [4.78, 5) is 12.4. The molecule has 0 radical (unpaired) electrons. The first-order valence-corrected chi connectivity index (χ1v) is 9.06. The summed E-state index contributed by atoms with van der Waals surface area (Å²) in [7, 11) is -2.67. The molecule has 1 aromatic rings. The largest absolute Gasteiger partial charge is 0.468 e. The highest BCUT2D eigenvalue weighted by atomic mass is 35.5. The van der Waals surface area contributed by atoms with E-state index in [9.17, 15) is 13.2 Å². The van der Waals surface area contributed by atoms with Crippen LogP contribution in [0.1, 0.15) is 25.8 Å². The van der Waals surface area contributed by atoms with Crippen molar-refractivity contribution in [3.63, 3.8) is 0 Å². The van der Waals surface area contributed by atoms with Gasteiger partial charge in [-0.1, -0.05) is 49.2 Å². The lowest BCUT2D eigenvalue weighted by Crippen LogP contribution is -2.58. The molecule has 0 aliphatic carbocycles. The Morgan fingerprint density at radius 3 is 2.35 bits per heavy atom. The molecule has 1 N–H and O–H groups in total. The summed E-state index contributed by atoms with van der Waals surface area (Å²) >= 11 is 5.56. The molecular formula is C16H22ClNO4S. The van der Waals surface area contributed by atoms with Crippen molar-refractivity contribution in [1.82, 2.24) is 4.72 Å². The second kappa shape index (κ2) is 7.95. The predicted octanol–water partition coefficient (Wildman–Crippen LogP) is 2.98. The number of hydrogen-bond acceptors (Lipinski definition) is 4. The Morgan fingerprint density at radius 1 is 1.35 bits per heavy atom. The highest BCUT2D eigenvalue weighted by molar-refractivity contribution is 7.89. The van der Waals surface area contributed by atoms with Crippen LogP contribution in [-0.4, -0.2) is 27.0 Å². The number of esters is 1. The number of benzene rings is 1. The predicted molar refractivity (Wildman–Crippen MR) is 90.7 cm³/mol. The van der Waals surface area contributed by atoms with Crippen molar-refractivity contribution in [3.05, 3.63) is 41.4 Å². The van der Waals surface area contributed by atoms with E-state index in [1.807, 2.05) is 6.92 Å². The molecule has 128 valence electrons. The lowest BCUT2D eigenvalue weighted by atomic mass is 9.84. The monoisotopic (exact) mass is 359 g/mol. The first kappa shape index (κ1) is 19.7. The van der Waals surface area contributed by atoms with Gasteiger partial charge in [0.15, 0.2) is 0 Å². The minimum absolute atomic E-state index is 0.0892. The number of carbonyl (C=O) groups excluding carboxylic acids is 1. The normalized spacial score (nSPS) is 14.9. The summed E-state index contributed by atoms with van der Waals surface area (Å²) in [6.07, 6.45) is 1.61. The van der Waals surface area contributed by atoms with Gasteiger partial charge in [0.05, 0.1) is 12.0 Å². The number of hydrogen-bond donors (Lipinski definition) is 1. The summed E-state index contributed by atoms with van der Waals surface area (Å²) in [6.45, 7) is 5.36. The lowest BCUT2D eigenvalue weighted by Gasteiger charge is -2.34. The van der Waals surface area contributed by atoms with E-state index in [4.69, 9.17) is 16.3 Å². The van der Waals surface area contributed by atoms with E-state index in [0.717, 1.165) is 5.56 Å². The summed E-state index contributed by atoms with van der Waals surface area (Å²) in [5.74, 6) is -0.999. The van der Waals surface area contributed by atoms with Crippen LogP contribution < -0.4 is 4.72 Å². The van der Waals surface area contributed by atoms with Crippen LogP contribution in [0.25, 0.3) is 0 Å². The third-order valence-corrected chi connectivity index (χ3v) is 5.42. The highest BCUT2D eigenvalue weighted by Crippen LogP contribution is 2.27. The number of rotatable bonds is 7. The minimum atomic E-state index is -3.89. The molecule has 5 nitrogen and oxygen atoms in total. The van der Waals surface area contributed by atoms with Gasteiger partial charge in [-0.15, -0.1) is 0 Å². The summed E-state index contributed by atoms with van der Waals surface area (Å²) < 4.78 is 32.7. The van der Waals surface area contributed by atoms with Gasteiger partial charge in [-0.25, -0.2) is 8.42 Å². The maximum Gasteiger partial charge on any atom is 0.327 e. The molecule has 23 heavy (non-hydrogen) atoms. The summed E-state index contributed by atoms with van der Waals surface area (Å²) in [5.41, 5.74) is 0.765. The third-order valence-electron chi connectivity index (χ3n) is 3.71. The van der Waals surface area contributed by atoms with Gasteiger partial charge >= 0.3 is 5.97 Å². The molecule has 1 aromatic carbocycles. The van der Waals surface area contributed by atoms with Gasteiger partial charge in [-0.05, 0) is 31.4 Å². The fraction of sp³-hybridized carbons (Fsp3) is 0.438.